The van der Waals surface area contributed by atoms with Crippen LogP contribution >= 0.6 is 0 Å². The molecule has 0 radical (unpaired) electrons. The molecule has 1 aromatic heterocycles. The summed E-state index contributed by atoms with van der Waals surface area (Å²) in [7, 11) is 0. The molecular weight excluding hydrogens is 383 g/mol. The third-order valence-electron chi connectivity index (χ3n) is 3.97. The number of carbonyl (C=O) groups is 1. The van der Waals surface area contributed by atoms with Crippen LogP contribution in [0.25, 0.3) is 23.4 Å². The second-order valence-electron chi connectivity index (χ2n) is 6.09. The molecule has 2 N–H and O–H groups in total. The number of aromatic amines is 1. The molecule has 1 heterocycles. The number of alkyl halides is 3. The van der Waals surface area contributed by atoms with Gasteiger partial charge >= 0.3 is 6.18 Å². The zero-order chi connectivity index (χ0) is 21.0. The van der Waals surface area contributed by atoms with Crippen LogP contribution in [0.3, 0.4) is 0 Å². The molecule has 0 spiro atoms. The fraction of sp³-hybridized carbons (Fsp3) is 0.100. The van der Waals surface area contributed by atoms with Crippen molar-refractivity contribution in [1.82, 2.24) is 15.4 Å². The van der Waals surface area contributed by atoms with E-state index in [4.69, 9.17) is 5.26 Å². The van der Waals surface area contributed by atoms with Crippen LogP contribution in [0, 0.1) is 11.3 Å². The summed E-state index contributed by atoms with van der Waals surface area (Å²) in [6, 6.07) is 11.8. The number of nitrogens with one attached hydrogen (secondary N) is 2. The fourth-order valence-corrected chi connectivity index (χ4v) is 2.66. The van der Waals surface area contributed by atoms with Gasteiger partial charge in [0.15, 0.2) is 5.69 Å². The van der Waals surface area contributed by atoms with Crippen LogP contribution in [0.15, 0.2) is 42.5 Å². The van der Waals surface area contributed by atoms with Crippen molar-refractivity contribution >= 4 is 23.7 Å². The second-order valence-corrected chi connectivity index (χ2v) is 6.09. The maximum atomic E-state index is 12.9. The molecule has 9 heteroatoms. The minimum absolute atomic E-state index is 0.171. The zero-order valence-electron chi connectivity index (χ0n) is 15.1. The van der Waals surface area contributed by atoms with Gasteiger partial charge in [-0.3, -0.25) is 4.79 Å². The van der Waals surface area contributed by atoms with Gasteiger partial charge in [-0.1, -0.05) is 35.6 Å². The van der Waals surface area contributed by atoms with Crippen molar-refractivity contribution in [2.45, 2.75) is 13.1 Å². The number of rotatable bonds is 4. The van der Waals surface area contributed by atoms with Crippen LogP contribution in [0.5, 0.6) is 0 Å². The number of nitriles is 1. The van der Waals surface area contributed by atoms with Crippen molar-refractivity contribution in [2.75, 3.05) is 5.32 Å². The van der Waals surface area contributed by atoms with E-state index in [-0.39, 0.29) is 11.6 Å². The Morgan fingerprint density at radius 2 is 2.00 bits per heavy atom. The van der Waals surface area contributed by atoms with Crippen LogP contribution in [-0.2, 0) is 11.0 Å². The molecule has 3 aromatic rings. The second kappa shape index (κ2) is 7.98. The predicted molar refractivity (Wildman–Crippen MR) is 101 cm³/mol. The van der Waals surface area contributed by atoms with Gasteiger partial charge in [-0.25, -0.2) is 5.10 Å². The molecule has 0 saturated carbocycles. The van der Waals surface area contributed by atoms with Gasteiger partial charge in [-0.05, 0) is 35.4 Å². The molecule has 0 fully saturated rings. The molecule has 6 nitrogen and oxygen atoms in total. The van der Waals surface area contributed by atoms with Crippen molar-refractivity contribution in [1.29, 1.82) is 5.26 Å². The molecule has 29 heavy (non-hydrogen) atoms. The van der Waals surface area contributed by atoms with Crippen LogP contribution in [-0.4, -0.2) is 21.3 Å². The molecular formula is C20H14F3N5O. The first-order valence-corrected chi connectivity index (χ1v) is 8.36. The van der Waals surface area contributed by atoms with Crippen LogP contribution < -0.4 is 5.32 Å². The minimum Gasteiger partial charge on any atom is -0.326 e. The van der Waals surface area contributed by atoms with E-state index < -0.39 is 11.7 Å². The van der Waals surface area contributed by atoms with Gasteiger partial charge in [0.2, 0.25) is 5.91 Å². The number of H-pyrrole nitrogens is 1. The lowest BCUT2D eigenvalue weighted by Crippen LogP contribution is -2.07. The average molecular weight is 397 g/mol. The van der Waals surface area contributed by atoms with E-state index in [1.807, 2.05) is 6.07 Å². The number of aromatic nitrogens is 3. The number of nitrogens with zero attached hydrogens (tertiary/aromatic N) is 3. The maximum absolute atomic E-state index is 12.9. The predicted octanol–water partition coefficient (Wildman–Crippen LogP) is 4.49. The monoisotopic (exact) mass is 397 g/mol. The highest BCUT2D eigenvalue weighted by Crippen LogP contribution is 2.31. The molecule has 3 rings (SSSR count). The zero-order valence-corrected chi connectivity index (χ0v) is 15.1. The normalized spacial score (nSPS) is 11.4. The maximum Gasteiger partial charge on any atom is 0.416 e. The lowest BCUT2D eigenvalue weighted by atomic mass is 10.0. The summed E-state index contributed by atoms with van der Waals surface area (Å²) in [5.41, 5.74) is 1.65. The van der Waals surface area contributed by atoms with E-state index in [2.05, 4.69) is 20.7 Å². The molecule has 0 atom stereocenters. The lowest BCUT2D eigenvalue weighted by Gasteiger charge is -2.09. The Labute approximate surface area is 163 Å². The third kappa shape index (κ3) is 4.68. The van der Waals surface area contributed by atoms with Crippen molar-refractivity contribution in [3.05, 3.63) is 64.8 Å². The van der Waals surface area contributed by atoms with E-state index in [1.165, 1.54) is 19.1 Å². The molecule has 1 amide bonds. The summed E-state index contributed by atoms with van der Waals surface area (Å²) >= 11 is 0. The summed E-state index contributed by atoms with van der Waals surface area (Å²) in [4.78, 5) is 11.5. The Kier molecular flexibility index (Phi) is 5.45. The first-order valence-electron chi connectivity index (χ1n) is 8.36. The Morgan fingerprint density at radius 1 is 1.21 bits per heavy atom. The topological polar surface area (TPSA) is 94.5 Å². The van der Waals surface area contributed by atoms with Crippen LogP contribution in [0.4, 0.5) is 18.9 Å². The van der Waals surface area contributed by atoms with Crippen molar-refractivity contribution in [2.24, 2.45) is 0 Å². The summed E-state index contributed by atoms with van der Waals surface area (Å²) in [5, 5.41) is 21.8. The Morgan fingerprint density at radius 3 is 2.69 bits per heavy atom. The van der Waals surface area contributed by atoms with E-state index >= 15 is 0 Å². The molecule has 146 valence electrons. The third-order valence-corrected chi connectivity index (χ3v) is 3.97. The average Bonchev–Trinajstić information content (AvgIpc) is 3.15. The van der Waals surface area contributed by atoms with Gasteiger partial charge in [0.05, 0.1) is 5.56 Å². The summed E-state index contributed by atoms with van der Waals surface area (Å²) in [5.74, 6) is -0.300. The largest absolute Gasteiger partial charge is 0.416 e. The molecule has 0 aliphatic heterocycles. The van der Waals surface area contributed by atoms with Crippen molar-refractivity contribution < 1.29 is 18.0 Å². The number of anilines is 1. The van der Waals surface area contributed by atoms with Crippen LogP contribution in [0.1, 0.15) is 29.3 Å². The van der Waals surface area contributed by atoms with Gasteiger partial charge in [0, 0.05) is 18.2 Å². The molecule has 0 bridgehead atoms. The van der Waals surface area contributed by atoms with Crippen LogP contribution in [0.2, 0.25) is 0 Å². The van der Waals surface area contributed by atoms with Gasteiger partial charge in [-0.15, -0.1) is 5.10 Å². The minimum atomic E-state index is -4.44. The number of hydrogen-bond donors (Lipinski definition) is 2. The quantitative estimate of drug-likeness (QED) is 0.634. The number of carbonyl (C=O) groups excluding carboxylic acids is 1. The van der Waals surface area contributed by atoms with Gasteiger partial charge < -0.3 is 5.32 Å². The standard InChI is InChI=1S/C20H14F3N5O/c1-12(29)25-17-8-7-15(19-18(11-24)26-28-27-19)10-14(17)6-5-13-3-2-4-16(9-13)20(21,22)23/h2-10H,1H3,(H,25,29)(H,26,27,28)/b6-5+. The summed E-state index contributed by atoms with van der Waals surface area (Å²) < 4.78 is 38.7. The van der Waals surface area contributed by atoms with Gasteiger partial charge in [0.1, 0.15) is 11.8 Å². The highest BCUT2D eigenvalue weighted by molar-refractivity contribution is 5.93. The first-order chi connectivity index (χ1) is 13.8. The van der Waals surface area contributed by atoms with Gasteiger partial charge in [0.25, 0.3) is 0 Å². The highest BCUT2D eigenvalue weighted by atomic mass is 19.4. The molecule has 0 aliphatic carbocycles. The SMILES string of the molecule is CC(=O)Nc1ccc(-c2nn[nH]c2C#N)cc1/C=C/c1cccc(C(F)(F)F)c1. The fourth-order valence-electron chi connectivity index (χ4n) is 2.66. The lowest BCUT2D eigenvalue weighted by molar-refractivity contribution is -0.137. The number of hydrogen-bond acceptors (Lipinski definition) is 4. The molecule has 0 aliphatic rings. The smallest absolute Gasteiger partial charge is 0.326 e. The Balaban J connectivity index is 2.02. The molecule has 0 unspecified atom stereocenters. The highest BCUT2D eigenvalue weighted by Gasteiger charge is 2.30. The van der Waals surface area contributed by atoms with E-state index in [1.54, 1.807) is 30.3 Å². The van der Waals surface area contributed by atoms with Gasteiger partial charge in [-0.2, -0.15) is 18.4 Å². The first kappa shape index (κ1) is 19.8. The van der Waals surface area contributed by atoms with E-state index in [9.17, 15) is 18.0 Å². The molecule has 2 aromatic carbocycles. The van der Waals surface area contributed by atoms with Crippen molar-refractivity contribution in [3.63, 3.8) is 0 Å². The molecule has 0 saturated heterocycles. The summed E-state index contributed by atoms with van der Waals surface area (Å²) in [6.45, 7) is 1.35. The van der Waals surface area contributed by atoms with E-state index in [0.717, 1.165) is 12.1 Å². The Bertz CT molecular complexity index is 1130. The number of halogens is 3. The Hall–Kier alpha value is -3.93. The number of amides is 1. The van der Waals surface area contributed by atoms with E-state index in [0.29, 0.717) is 28.1 Å². The summed E-state index contributed by atoms with van der Waals surface area (Å²) in [6.07, 6.45) is -1.35. The number of benzene rings is 2. The van der Waals surface area contributed by atoms with Crippen molar-refractivity contribution in [3.8, 4) is 17.3 Å².